The second kappa shape index (κ2) is 6.01. The van der Waals surface area contributed by atoms with Gasteiger partial charge in [0, 0.05) is 26.1 Å². The molecule has 2 rings (SSSR count). The van der Waals surface area contributed by atoms with Crippen molar-refractivity contribution in [2.75, 3.05) is 19.6 Å². The van der Waals surface area contributed by atoms with Gasteiger partial charge in [-0.1, -0.05) is 21.3 Å². The highest BCUT2D eigenvalue weighted by molar-refractivity contribution is 5.83. The van der Waals surface area contributed by atoms with Gasteiger partial charge in [-0.2, -0.15) is 0 Å². The maximum Gasteiger partial charge on any atom is 0.0988 e. The van der Waals surface area contributed by atoms with E-state index >= 15 is 0 Å². The topological polar surface area (TPSA) is 15.6 Å². The monoisotopic (exact) mass is 184 g/mol. The van der Waals surface area contributed by atoms with Gasteiger partial charge >= 0.3 is 0 Å². The van der Waals surface area contributed by atoms with E-state index in [1.807, 2.05) is 0 Å². The lowest BCUT2D eigenvalue weighted by Crippen LogP contribution is -2.34. The summed E-state index contributed by atoms with van der Waals surface area (Å²) in [5.41, 5.74) is 0. The zero-order valence-corrected chi connectivity index (χ0v) is 7.05. The summed E-state index contributed by atoms with van der Waals surface area (Å²) < 4.78 is 0. The van der Waals surface area contributed by atoms with Crippen LogP contribution in [0.2, 0.25) is 0 Å². The van der Waals surface area contributed by atoms with E-state index in [0.29, 0.717) is 0 Å². The summed E-state index contributed by atoms with van der Waals surface area (Å²) in [6.07, 6.45) is 6.63. The maximum absolute atomic E-state index is 4.55. The van der Waals surface area contributed by atoms with Crippen LogP contribution < -0.4 is 0 Å². The Morgan fingerprint density at radius 3 is 2.54 bits per heavy atom. The fourth-order valence-electron chi connectivity index (χ4n) is 1.94. The van der Waals surface area contributed by atoms with Gasteiger partial charge in [0.2, 0.25) is 0 Å². The van der Waals surface area contributed by atoms with Gasteiger partial charge < -0.3 is 4.90 Å². The van der Waals surface area contributed by atoms with Crippen molar-refractivity contribution in [3.8, 4) is 0 Å². The molecule has 2 aliphatic heterocycles. The van der Waals surface area contributed by atoms with E-state index in [4.69, 9.17) is 0 Å². The highest BCUT2D eigenvalue weighted by atomic mass is 15.2. The number of nitrogens with zero attached hydrogens (tertiary/aromatic N) is 2. The molecule has 0 aromatic rings. The lowest BCUT2D eigenvalue weighted by molar-refractivity contribution is 0.391. The van der Waals surface area contributed by atoms with E-state index in [0.717, 1.165) is 6.54 Å². The van der Waals surface area contributed by atoms with E-state index in [-0.39, 0.29) is 14.9 Å². The molecule has 78 valence electrons. The summed E-state index contributed by atoms with van der Waals surface area (Å²) in [6.45, 7) is 3.60. The first-order valence-corrected chi connectivity index (χ1v) is 4.75. The van der Waals surface area contributed by atoms with Crippen molar-refractivity contribution in [1.29, 1.82) is 0 Å². The molecule has 1 fully saturated rings. The van der Waals surface area contributed by atoms with Crippen LogP contribution in [0.3, 0.4) is 0 Å². The molecule has 0 aromatic carbocycles. The second-order valence-electron chi connectivity index (χ2n) is 3.45. The first-order chi connectivity index (χ1) is 5.47. The predicted octanol–water partition coefficient (Wildman–Crippen LogP) is 2.94. The smallest absolute Gasteiger partial charge is 0.0988 e. The van der Waals surface area contributed by atoms with E-state index in [9.17, 15) is 0 Å². The third-order valence-corrected chi connectivity index (χ3v) is 2.57. The third kappa shape index (κ3) is 3.02. The Morgan fingerprint density at radius 2 is 1.69 bits per heavy atom. The van der Waals surface area contributed by atoms with Crippen molar-refractivity contribution in [2.24, 2.45) is 4.99 Å². The molecule has 0 unspecified atom stereocenters. The molecule has 13 heavy (non-hydrogen) atoms. The van der Waals surface area contributed by atoms with E-state index in [1.165, 1.54) is 51.0 Å². The summed E-state index contributed by atoms with van der Waals surface area (Å²) in [4.78, 5) is 7.04. The van der Waals surface area contributed by atoms with Crippen LogP contribution in [-0.2, 0) is 0 Å². The summed E-state index contributed by atoms with van der Waals surface area (Å²) in [5, 5.41) is 0. The molecule has 2 aliphatic rings. The normalized spacial score (nSPS) is 21.5. The standard InChI is InChI=1S/C9H16N2.2CH4/c1-2-5-9-10-6-4-8-11(9)7-3-1;;/h1-8H2;2*1H4. The Morgan fingerprint density at radius 1 is 0.923 bits per heavy atom. The van der Waals surface area contributed by atoms with E-state index < -0.39 is 0 Å². The molecule has 1 saturated heterocycles. The summed E-state index contributed by atoms with van der Waals surface area (Å²) in [7, 11) is 0. The maximum atomic E-state index is 4.55. The van der Waals surface area contributed by atoms with Crippen LogP contribution in [0.1, 0.15) is 47.0 Å². The summed E-state index contributed by atoms with van der Waals surface area (Å²) >= 11 is 0. The van der Waals surface area contributed by atoms with Gasteiger partial charge in [0.15, 0.2) is 0 Å². The minimum Gasteiger partial charge on any atom is -0.360 e. The van der Waals surface area contributed by atoms with E-state index in [2.05, 4.69) is 9.89 Å². The van der Waals surface area contributed by atoms with Gasteiger partial charge in [0.1, 0.15) is 0 Å². The molecular weight excluding hydrogens is 160 g/mol. The molecule has 0 N–H and O–H groups in total. The second-order valence-corrected chi connectivity index (χ2v) is 3.45. The largest absolute Gasteiger partial charge is 0.360 e. The van der Waals surface area contributed by atoms with Crippen molar-refractivity contribution in [1.82, 2.24) is 4.90 Å². The molecule has 0 aliphatic carbocycles. The van der Waals surface area contributed by atoms with Crippen LogP contribution >= 0.6 is 0 Å². The Kier molecular flexibility index (Phi) is 5.76. The van der Waals surface area contributed by atoms with Gasteiger partial charge in [0.05, 0.1) is 5.84 Å². The van der Waals surface area contributed by atoms with Crippen molar-refractivity contribution in [3.05, 3.63) is 0 Å². The number of aliphatic imine (C=N–C) groups is 1. The molecule has 0 bridgehead atoms. The molecule has 0 aromatic heterocycles. The quantitative estimate of drug-likeness (QED) is 0.565. The molecule has 2 heteroatoms. The first-order valence-electron chi connectivity index (χ1n) is 4.75. The first kappa shape index (κ1) is 12.5. The number of hydrogen-bond donors (Lipinski definition) is 0. The van der Waals surface area contributed by atoms with Gasteiger partial charge in [-0.05, 0) is 19.3 Å². The van der Waals surface area contributed by atoms with Crippen molar-refractivity contribution >= 4 is 5.84 Å². The average molecular weight is 184 g/mol. The fraction of sp³-hybridized carbons (Fsp3) is 0.909. The Hall–Kier alpha value is -0.530. The van der Waals surface area contributed by atoms with E-state index in [1.54, 1.807) is 0 Å². The van der Waals surface area contributed by atoms with Crippen LogP contribution in [0, 0.1) is 0 Å². The average Bonchev–Trinajstić information content (AvgIpc) is 2.28. The highest BCUT2D eigenvalue weighted by Gasteiger charge is 2.16. The molecule has 0 radical (unpaired) electrons. The van der Waals surface area contributed by atoms with Crippen molar-refractivity contribution in [2.45, 2.75) is 47.0 Å². The predicted molar refractivity (Wildman–Crippen MR) is 60.4 cm³/mol. The van der Waals surface area contributed by atoms with Crippen molar-refractivity contribution in [3.63, 3.8) is 0 Å². The molecule has 0 saturated carbocycles. The van der Waals surface area contributed by atoms with Gasteiger partial charge in [-0.3, -0.25) is 4.99 Å². The minimum absolute atomic E-state index is 0. The van der Waals surface area contributed by atoms with Crippen LogP contribution in [-0.4, -0.2) is 30.4 Å². The third-order valence-electron chi connectivity index (χ3n) is 2.57. The molecule has 0 spiro atoms. The van der Waals surface area contributed by atoms with Gasteiger partial charge in [-0.15, -0.1) is 0 Å². The van der Waals surface area contributed by atoms with Crippen LogP contribution in [0.5, 0.6) is 0 Å². The van der Waals surface area contributed by atoms with Gasteiger partial charge in [0.25, 0.3) is 0 Å². The number of fused-ring (bicyclic) bond motifs is 1. The molecule has 0 atom stereocenters. The number of amidine groups is 1. The molecule has 2 heterocycles. The zero-order chi connectivity index (χ0) is 7.52. The van der Waals surface area contributed by atoms with Crippen LogP contribution in [0.25, 0.3) is 0 Å². The molecular formula is C11H24N2. The fourth-order valence-corrected chi connectivity index (χ4v) is 1.94. The SMILES string of the molecule is C.C.C1CCC2=NCCCN2CC1. The number of hydrogen-bond acceptors (Lipinski definition) is 2. The Labute approximate surface area is 83.0 Å². The van der Waals surface area contributed by atoms with Crippen molar-refractivity contribution < 1.29 is 0 Å². The lowest BCUT2D eigenvalue weighted by atomic mass is 10.2. The van der Waals surface area contributed by atoms with Crippen LogP contribution in [0.15, 0.2) is 4.99 Å². The van der Waals surface area contributed by atoms with Gasteiger partial charge in [-0.25, -0.2) is 0 Å². The minimum atomic E-state index is 0. The zero-order valence-electron chi connectivity index (χ0n) is 7.05. The van der Waals surface area contributed by atoms with Crippen LogP contribution in [0.4, 0.5) is 0 Å². The highest BCUT2D eigenvalue weighted by Crippen LogP contribution is 2.15. The Balaban J connectivity index is 0.000000720. The Bertz CT molecular complexity index is 163. The molecule has 0 amide bonds. The number of rotatable bonds is 0. The summed E-state index contributed by atoms with van der Waals surface area (Å²) in [5.74, 6) is 1.40. The lowest BCUT2D eigenvalue weighted by Gasteiger charge is -2.27. The summed E-state index contributed by atoms with van der Waals surface area (Å²) in [6, 6.07) is 0. The molecule has 2 nitrogen and oxygen atoms in total.